The Bertz CT molecular complexity index is 641. The van der Waals surface area contributed by atoms with E-state index in [0.717, 1.165) is 43.2 Å². The van der Waals surface area contributed by atoms with Crippen molar-refractivity contribution in [1.82, 2.24) is 20.2 Å². The Morgan fingerprint density at radius 2 is 1.96 bits per heavy atom. The van der Waals surface area contributed by atoms with Crippen LogP contribution >= 0.6 is 15.9 Å². The summed E-state index contributed by atoms with van der Waals surface area (Å²) in [5, 5.41) is 3.45. The molecule has 1 N–H and O–H groups in total. The molecule has 0 radical (unpaired) electrons. The highest BCUT2D eigenvalue weighted by atomic mass is 79.9. The van der Waals surface area contributed by atoms with Crippen molar-refractivity contribution in [3.8, 4) is 5.88 Å². The fourth-order valence-electron chi connectivity index (χ4n) is 3.02. The monoisotopic (exact) mass is 442 g/mol. The van der Waals surface area contributed by atoms with E-state index in [1.54, 1.807) is 20.4 Å². The van der Waals surface area contributed by atoms with Crippen LogP contribution in [0.15, 0.2) is 15.7 Å². The second kappa shape index (κ2) is 9.54. The van der Waals surface area contributed by atoms with Crippen molar-refractivity contribution in [3.63, 3.8) is 0 Å². The molecule has 27 heavy (non-hydrogen) atoms. The maximum absolute atomic E-state index is 5.63. The Morgan fingerprint density at radius 1 is 1.30 bits per heavy atom. The van der Waals surface area contributed by atoms with E-state index in [2.05, 4.69) is 66.8 Å². The number of hydrogen-bond acceptors (Lipinski definition) is 6. The molecular weight excluding hydrogens is 412 g/mol. The van der Waals surface area contributed by atoms with Gasteiger partial charge in [-0.2, -0.15) is 4.98 Å². The van der Waals surface area contributed by atoms with Gasteiger partial charge in [0.2, 0.25) is 11.8 Å². The summed E-state index contributed by atoms with van der Waals surface area (Å²) in [6.45, 7) is 10.6. The molecule has 2 heterocycles. The number of rotatable bonds is 5. The van der Waals surface area contributed by atoms with E-state index in [-0.39, 0.29) is 11.5 Å². The van der Waals surface area contributed by atoms with E-state index < -0.39 is 0 Å². The standard InChI is InChI=1S/C18H31BrN6O2/c1-18(2,3)14(26-5)12-22-16(20-4)24-7-9-25(10-8-24)17-21-11-13(19)15(23-17)27-6/h11,14H,7-10,12H2,1-6H3,(H,20,22). The van der Waals surface area contributed by atoms with Gasteiger partial charge in [-0.1, -0.05) is 20.8 Å². The second-order valence-electron chi connectivity index (χ2n) is 7.52. The van der Waals surface area contributed by atoms with Crippen molar-refractivity contribution in [1.29, 1.82) is 0 Å². The first-order chi connectivity index (χ1) is 12.8. The molecule has 0 aliphatic carbocycles. The number of ether oxygens (including phenoxy) is 2. The number of aliphatic imine (C=N–C) groups is 1. The molecule has 0 spiro atoms. The summed E-state index contributed by atoms with van der Waals surface area (Å²) >= 11 is 3.39. The molecule has 1 aromatic heterocycles. The molecule has 0 bridgehead atoms. The highest BCUT2D eigenvalue weighted by Gasteiger charge is 2.26. The number of aromatic nitrogens is 2. The van der Waals surface area contributed by atoms with Crippen molar-refractivity contribution < 1.29 is 9.47 Å². The predicted molar refractivity (Wildman–Crippen MR) is 112 cm³/mol. The lowest BCUT2D eigenvalue weighted by Crippen LogP contribution is -2.54. The van der Waals surface area contributed by atoms with Gasteiger partial charge in [0.1, 0.15) is 0 Å². The lowest BCUT2D eigenvalue weighted by Gasteiger charge is -2.37. The summed E-state index contributed by atoms with van der Waals surface area (Å²) in [6.07, 6.45) is 1.84. The molecule has 1 fully saturated rings. The fourth-order valence-corrected chi connectivity index (χ4v) is 3.37. The predicted octanol–water partition coefficient (Wildman–Crippen LogP) is 2.01. The van der Waals surface area contributed by atoms with Crippen LogP contribution in [0.25, 0.3) is 0 Å². The molecule has 1 saturated heterocycles. The number of nitrogens with zero attached hydrogens (tertiary/aromatic N) is 5. The van der Waals surface area contributed by atoms with E-state index in [1.807, 2.05) is 7.05 Å². The Hall–Kier alpha value is -1.61. The van der Waals surface area contributed by atoms with Crippen molar-refractivity contribution in [2.24, 2.45) is 10.4 Å². The van der Waals surface area contributed by atoms with Crippen molar-refractivity contribution >= 4 is 27.8 Å². The molecule has 0 aromatic carbocycles. The van der Waals surface area contributed by atoms with Gasteiger partial charge < -0.3 is 24.6 Å². The average molecular weight is 443 g/mol. The van der Waals surface area contributed by atoms with Gasteiger partial charge in [0.15, 0.2) is 5.96 Å². The minimum atomic E-state index is 0.0667. The number of nitrogens with one attached hydrogen (secondary N) is 1. The minimum absolute atomic E-state index is 0.0667. The minimum Gasteiger partial charge on any atom is -0.480 e. The zero-order valence-corrected chi connectivity index (χ0v) is 18.7. The maximum Gasteiger partial charge on any atom is 0.232 e. The Labute approximate surface area is 170 Å². The molecule has 152 valence electrons. The van der Waals surface area contributed by atoms with Gasteiger partial charge in [-0.05, 0) is 21.3 Å². The van der Waals surface area contributed by atoms with Crippen LogP contribution in [0.5, 0.6) is 5.88 Å². The van der Waals surface area contributed by atoms with E-state index in [4.69, 9.17) is 9.47 Å². The Kier molecular flexibility index (Phi) is 7.67. The van der Waals surface area contributed by atoms with Gasteiger partial charge in [-0.15, -0.1) is 0 Å². The average Bonchev–Trinajstić information content (AvgIpc) is 2.65. The molecular formula is C18H31BrN6O2. The first-order valence-corrected chi connectivity index (χ1v) is 9.89. The van der Waals surface area contributed by atoms with Crippen LogP contribution in [0.4, 0.5) is 5.95 Å². The van der Waals surface area contributed by atoms with Crippen molar-refractivity contribution in [2.75, 3.05) is 58.9 Å². The third kappa shape index (κ3) is 5.68. The summed E-state index contributed by atoms with van der Waals surface area (Å²) in [4.78, 5) is 17.7. The molecule has 1 aliphatic rings. The molecule has 1 atom stereocenters. The molecule has 1 aliphatic heterocycles. The summed E-state index contributed by atoms with van der Waals surface area (Å²) < 4.78 is 11.6. The molecule has 8 nitrogen and oxygen atoms in total. The lowest BCUT2D eigenvalue weighted by molar-refractivity contribution is 0.0201. The van der Waals surface area contributed by atoms with Crippen molar-refractivity contribution in [2.45, 2.75) is 26.9 Å². The number of piperazine rings is 1. The molecule has 0 amide bonds. The molecule has 2 rings (SSSR count). The molecule has 9 heteroatoms. The Balaban J connectivity index is 1.93. The van der Waals surface area contributed by atoms with Crippen LogP contribution in [-0.4, -0.2) is 80.9 Å². The van der Waals surface area contributed by atoms with Crippen LogP contribution in [-0.2, 0) is 4.74 Å². The van der Waals surface area contributed by atoms with E-state index in [0.29, 0.717) is 11.8 Å². The topological polar surface area (TPSA) is 75.1 Å². The largest absolute Gasteiger partial charge is 0.480 e. The van der Waals surface area contributed by atoms with E-state index in [1.165, 1.54) is 0 Å². The van der Waals surface area contributed by atoms with Gasteiger partial charge >= 0.3 is 0 Å². The van der Waals surface area contributed by atoms with Gasteiger partial charge in [0.05, 0.1) is 23.9 Å². The summed E-state index contributed by atoms with van der Waals surface area (Å²) in [6, 6.07) is 0. The maximum atomic E-state index is 5.63. The van der Waals surface area contributed by atoms with Crippen molar-refractivity contribution in [3.05, 3.63) is 10.7 Å². The van der Waals surface area contributed by atoms with Crippen LogP contribution in [0.1, 0.15) is 20.8 Å². The summed E-state index contributed by atoms with van der Waals surface area (Å²) in [5.41, 5.74) is 0.0667. The van der Waals surface area contributed by atoms with Gasteiger partial charge in [-0.25, -0.2) is 4.98 Å². The second-order valence-corrected chi connectivity index (χ2v) is 8.37. The Morgan fingerprint density at radius 3 is 2.48 bits per heavy atom. The first-order valence-electron chi connectivity index (χ1n) is 9.10. The quantitative estimate of drug-likeness (QED) is 0.551. The fraction of sp³-hybridized carbons (Fsp3) is 0.722. The number of halogens is 1. The third-order valence-electron chi connectivity index (χ3n) is 4.66. The van der Waals surface area contributed by atoms with Crippen LogP contribution < -0.4 is 15.0 Å². The smallest absolute Gasteiger partial charge is 0.232 e. The number of anilines is 1. The molecule has 1 aromatic rings. The third-order valence-corrected chi connectivity index (χ3v) is 5.21. The summed E-state index contributed by atoms with van der Waals surface area (Å²) in [5.74, 6) is 2.13. The summed E-state index contributed by atoms with van der Waals surface area (Å²) in [7, 11) is 5.18. The van der Waals surface area contributed by atoms with Gasteiger partial charge in [0, 0.05) is 46.9 Å². The van der Waals surface area contributed by atoms with E-state index in [9.17, 15) is 0 Å². The van der Waals surface area contributed by atoms with Crippen LogP contribution in [0, 0.1) is 5.41 Å². The van der Waals surface area contributed by atoms with E-state index >= 15 is 0 Å². The lowest BCUT2D eigenvalue weighted by atomic mass is 9.89. The zero-order valence-electron chi connectivity index (χ0n) is 17.1. The van der Waals surface area contributed by atoms with Gasteiger partial charge in [0.25, 0.3) is 0 Å². The normalized spacial score (nSPS) is 17.1. The highest BCUT2D eigenvalue weighted by molar-refractivity contribution is 9.10. The van der Waals surface area contributed by atoms with Crippen LogP contribution in [0.3, 0.4) is 0 Å². The SMILES string of the molecule is CN=C(NCC(OC)C(C)(C)C)N1CCN(c2ncc(Br)c(OC)n2)CC1. The molecule has 1 unspecified atom stereocenters. The number of guanidine groups is 1. The van der Waals surface area contributed by atoms with Crippen LogP contribution in [0.2, 0.25) is 0 Å². The molecule has 0 saturated carbocycles. The zero-order chi connectivity index (χ0) is 20.0. The van der Waals surface area contributed by atoms with Gasteiger partial charge in [-0.3, -0.25) is 4.99 Å². The highest BCUT2D eigenvalue weighted by Crippen LogP contribution is 2.24. The number of hydrogen-bond donors (Lipinski definition) is 1. The number of methoxy groups -OCH3 is 2. The first kappa shape index (κ1) is 21.7.